The Bertz CT molecular complexity index is 539. The third-order valence-corrected chi connectivity index (χ3v) is 4.07. The van der Waals surface area contributed by atoms with E-state index in [4.69, 9.17) is 9.47 Å². The van der Waals surface area contributed by atoms with Crippen molar-refractivity contribution in [1.29, 1.82) is 0 Å². The average Bonchev–Trinajstić information content (AvgIpc) is 2.68. The summed E-state index contributed by atoms with van der Waals surface area (Å²) >= 11 is -0.470. The summed E-state index contributed by atoms with van der Waals surface area (Å²) in [6.45, 7) is 0. The summed E-state index contributed by atoms with van der Waals surface area (Å²) in [4.78, 5) is 22.4. The van der Waals surface area contributed by atoms with Gasteiger partial charge in [0, 0.05) is 0 Å². The number of benzene rings is 1. The monoisotopic (exact) mass is 313 g/mol. The average molecular weight is 312 g/mol. The second-order valence-corrected chi connectivity index (χ2v) is 5.59. The molecular formula is C12H11NO4Se. The van der Waals surface area contributed by atoms with Crippen LogP contribution in [0.25, 0.3) is 6.08 Å². The Morgan fingerprint density at radius 3 is 2.56 bits per heavy atom. The van der Waals surface area contributed by atoms with Crippen LogP contribution < -0.4 is 14.8 Å². The maximum atomic E-state index is 11.5. The number of hydrogen-bond donors (Lipinski definition) is 1. The van der Waals surface area contributed by atoms with Crippen LogP contribution in [-0.2, 0) is 4.79 Å². The van der Waals surface area contributed by atoms with Gasteiger partial charge >= 0.3 is 110 Å². The molecule has 5 nitrogen and oxygen atoms in total. The first kappa shape index (κ1) is 12.7. The summed E-state index contributed by atoms with van der Waals surface area (Å²) in [5.74, 6) is 0.953. The second-order valence-electron chi connectivity index (χ2n) is 3.46. The van der Waals surface area contributed by atoms with Gasteiger partial charge in [-0.15, -0.1) is 0 Å². The number of carbonyl (C=O) groups is 2. The molecule has 1 saturated heterocycles. The third-order valence-electron chi connectivity index (χ3n) is 2.37. The van der Waals surface area contributed by atoms with Crippen molar-refractivity contribution in [1.82, 2.24) is 5.32 Å². The number of rotatable bonds is 3. The van der Waals surface area contributed by atoms with E-state index in [9.17, 15) is 9.59 Å². The van der Waals surface area contributed by atoms with Gasteiger partial charge in [-0.2, -0.15) is 0 Å². The second kappa shape index (κ2) is 5.25. The zero-order valence-corrected chi connectivity index (χ0v) is 11.6. The first-order chi connectivity index (χ1) is 8.63. The first-order valence-electron chi connectivity index (χ1n) is 5.11. The minimum atomic E-state index is -0.470. The van der Waals surface area contributed by atoms with Crippen molar-refractivity contribution in [2.45, 2.75) is 0 Å². The number of amides is 2. The number of methoxy groups -OCH3 is 2. The van der Waals surface area contributed by atoms with Crippen molar-refractivity contribution < 1.29 is 19.1 Å². The van der Waals surface area contributed by atoms with Crippen LogP contribution in [0.3, 0.4) is 0 Å². The van der Waals surface area contributed by atoms with Gasteiger partial charge in [0.1, 0.15) is 0 Å². The fourth-order valence-corrected chi connectivity index (χ4v) is 2.91. The predicted octanol–water partition coefficient (Wildman–Crippen LogP) is 0.999. The number of ether oxygens (including phenoxy) is 2. The molecule has 0 radical (unpaired) electrons. The number of hydrogen-bond acceptors (Lipinski definition) is 4. The topological polar surface area (TPSA) is 64.6 Å². The number of carbonyl (C=O) groups excluding carboxylic acids is 2. The van der Waals surface area contributed by atoms with E-state index in [-0.39, 0.29) is 10.7 Å². The Hall–Kier alpha value is -1.78. The van der Waals surface area contributed by atoms with Gasteiger partial charge in [0.25, 0.3) is 0 Å². The van der Waals surface area contributed by atoms with Crippen LogP contribution in [0.4, 0.5) is 4.79 Å². The molecule has 1 aromatic carbocycles. The molecule has 0 spiro atoms. The number of imide groups is 1. The van der Waals surface area contributed by atoms with E-state index in [1.165, 1.54) is 0 Å². The summed E-state index contributed by atoms with van der Waals surface area (Å²) in [6.07, 6.45) is 1.68. The van der Waals surface area contributed by atoms with Crippen LogP contribution in [0.15, 0.2) is 22.7 Å². The molecule has 0 aliphatic carbocycles. The van der Waals surface area contributed by atoms with Crippen molar-refractivity contribution in [2.75, 3.05) is 14.2 Å². The molecule has 1 aliphatic heterocycles. The minimum absolute atomic E-state index is 0.216. The van der Waals surface area contributed by atoms with Crippen LogP contribution in [0.5, 0.6) is 11.5 Å². The van der Waals surface area contributed by atoms with E-state index in [1.54, 1.807) is 38.5 Å². The van der Waals surface area contributed by atoms with Crippen LogP contribution in [-0.4, -0.2) is 39.9 Å². The summed E-state index contributed by atoms with van der Waals surface area (Å²) in [7, 11) is 3.11. The molecule has 0 saturated carbocycles. The quantitative estimate of drug-likeness (QED) is 0.668. The Morgan fingerprint density at radius 2 is 2.00 bits per heavy atom. The molecule has 18 heavy (non-hydrogen) atoms. The van der Waals surface area contributed by atoms with Gasteiger partial charge in [0.2, 0.25) is 0 Å². The third kappa shape index (κ3) is 2.55. The molecular weight excluding hydrogens is 301 g/mol. The van der Waals surface area contributed by atoms with E-state index in [2.05, 4.69) is 5.32 Å². The van der Waals surface area contributed by atoms with Gasteiger partial charge in [-0.05, 0) is 0 Å². The molecule has 0 atom stereocenters. The Kier molecular flexibility index (Phi) is 3.69. The molecule has 1 fully saturated rings. The molecule has 2 amide bonds. The number of nitrogens with one attached hydrogen (secondary N) is 1. The van der Waals surface area contributed by atoms with Gasteiger partial charge in [0.15, 0.2) is 0 Å². The van der Waals surface area contributed by atoms with Crippen molar-refractivity contribution in [3.8, 4) is 11.5 Å². The normalized spacial score (nSPS) is 16.9. The molecule has 1 N–H and O–H groups in total. The SMILES string of the molecule is COc1ccc(C=C2[Se]C(=O)NC2=O)c(OC)c1. The fourth-order valence-electron chi connectivity index (χ4n) is 1.50. The van der Waals surface area contributed by atoms with Gasteiger partial charge in [-0.25, -0.2) is 0 Å². The van der Waals surface area contributed by atoms with Crippen molar-refractivity contribution in [3.05, 3.63) is 28.2 Å². The molecule has 1 heterocycles. The fraction of sp³-hybridized carbons (Fsp3) is 0.167. The Morgan fingerprint density at radius 1 is 1.22 bits per heavy atom. The van der Waals surface area contributed by atoms with Crippen LogP contribution in [0, 0.1) is 0 Å². The zero-order chi connectivity index (χ0) is 13.1. The molecule has 0 bridgehead atoms. The molecule has 94 valence electrons. The van der Waals surface area contributed by atoms with Gasteiger partial charge in [0.05, 0.1) is 0 Å². The summed E-state index contributed by atoms with van der Waals surface area (Å²) < 4.78 is 10.8. The summed E-state index contributed by atoms with van der Waals surface area (Å²) in [5.41, 5.74) is 0.750. The Balaban J connectivity index is 2.37. The molecule has 0 aromatic heterocycles. The van der Waals surface area contributed by atoms with Gasteiger partial charge < -0.3 is 0 Å². The van der Waals surface area contributed by atoms with Gasteiger partial charge in [-0.3, -0.25) is 0 Å². The standard InChI is InChI=1S/C12H11NO4Se/c1-16-8-4-3-7(9(6-8)17-2)5-10-11(14)13-12(15)18-10/h3-6H,1-2H3,(H,13,14,15). The summed E-state index contributed by atoms with van der Waals surface area (Å²) in [6, 6.07) is 5.29. The molecule has 1 aromatic rings. The molecule has 0 unspecified atom stereocenters. The first-order valence-corrected chi connectivity index (χ1v) is 6.82. The van der Waals surface area contributed by atoms with Crippen LogP contribution in [0.2, 0.25) is 0 Å². The summed E-state index contributed by atoms with van der Waals surface area (Å²) in [5, 5.41) is 2.26. The van der Waals surface area contributed by atoms with E-state index in [0.29, 0.717) is 16.0 Å². The van der Waals surface area contributed by atoms with E-state index in [0.717, 1.165) is 5.56 Å². The van der Waals surface area contributed by atoms with Crippen molar-refractivity contribution in [3.63, 3.8) is 0 Å². The maximum absolute atomic E-state index is 11.5. The van der Waals surface area contributed by atoms with E-state index < -0.39 is 15.0 Å². The van der Waals surface area contributed by atoms with E-state index >= 15 is 0 Å². The predicted molar refractivity (Wildman–Crippen MR) is 66.8 cm³/mol. The molecule has 2 rings (SSSR count). The zero-order valence-electron chi connectivity index (χ0n) is 9.85. The van der Waals surface area contributed by atoms with Crippen molar-refractivity contribution in [2.24, 2.45) is 0 Å². The van der Waals surface area contributed by atoms with Crippen LogP contribution in [0.1, 0.15) is 5.56 Å². The van der Waals surface area contributed by atoms with Gasteiger partial charge in [-0.1, -0.05) is 0 Å². The Labute approximate surface area is 110 Å². The molecule has 6 heteroatoms. The molecule has 1 aliphatic rings. The van der Waals surface area contributed by atoms with Crippen molar-refractivity contribution >= 4 is 31.7 Å². The van der Waals surface area contributed by atoms with E-state index in [1.807, 2.05) is 0 Å². The van der Waals surface area contributed by atoms with Crippen LogP contribution >= 0.6 is 0 Å².